The van der Waals surface area contributed by atoms with Crippen LogP contribution in [-0.4, -0.2) is 11.7 Å². The molecule has 1 aliphatic carbocycles. The van der Waals surface area contributed by atoms with Gasteiger partial charge in [0.05, 0.1) is 0 Å². The van der Waals surface area contributed by atoms with Crippen molar-refractivity contribution >= 4 is 0 Å². The first kappa shape index (κ1) is 11.0. The second-order valence-corrected chi connectivity index (χ2v) is 4.84. The molecule has 1 fully saturated rings. The van der Waals surface area contributed by atoms with Crippen LogP contribution in [0.15, 0.2) is 0 Å². The molecule has 2 atom stereocenters. The molecule has 0 radical (unpaired) electrons. The molecule has 0 unspecified atom stereocenters. The van der Waals surface area contributed by atoms with Crippen LogP contribution >= 0.6 is 0 Å². The highest BCUT2D eigenvalue weighted by Crippen LogP contribution is 2.32. The Morgan fingerprint density at radius 1 is 1.08 bits per heavy atom. The van der Waals surface area contributed by atoms with E-state index in [2.05, 4.69) is 13.8 Å². The Hall–Kier alpha value is -0.0400. The van der Waals surface area contributed by atoms with E-state index in [-0.39, 0.29) is 0 Å². The van der Waals surface area contributed by atoms with Gasteiger partial charge in [-0.3, -0.25) is 0 Å². The quantitative estimate of drug-likeness (QED) is 0.698. The first-order chi connectivity index (χ1) is 6.25. The van der Waals surface area contributed by atoms with Gasteiger partial charge < -0.3 is 5.11 Å². The van der Waals surface area contributed by atoms with Gasteiger partial charge in [0, 0.05) is 6.61 Å². The van der Waals surface area contributed by atoms with E-state index < -0.39 is 0 Å². The third-order valence-electron chi connectivity index (χ3n) is 3.56. The summed E-state index contributed by atoms with van der Waals surface area (Å²) in [4.78, 5) is 0. The predicted octanol–water partition coefficient (Wildman–Crippen LogP) is 3.22. The lowest BCUT2D eigenvalue weighted by Crippen LogP contribution is -2.24. The third-order valence-corrected chi connectivity index (χ3v) is 3.56. The maximum absolute atomic E-state index is 9.33. The Morgan fingerprint density at radius 2 is 1.69 bits per heavy atom. The molecular weight excluding hydrogens is 160 g/mol. The molecular formula is C12H24O. The molecule has 0 aromatic carbocycles. The molecule has 1 saturated carbocycles. The minimum atomic E-state index is 0.406. The Bertz CT molecular complexity index is 131. The Morgan fingerprint density at radius 3 is 2.23 bits per heavy atom. The van der Waals surface area contributed by atoms with Crippen molar-refractivity contribution in [3.8, 4) is 0 Å². The van der Waals surface area contributed by atoms with Crippen LogP contribution in [0.3, 0.4) is 0 Å². The van der Waals surface area contributed by atoms with Crippen molar-refractivity contribution in [1.29, 1.82) is 0 Å². The number of aliphatic hydroxyl groups is 1. The zero-order valence-electron chi connectivity index (χ0n) is 9.13. The number of rotatable bonds is 2. The molecule has 0 aromatic rings. The van der Waals surface area contributed by atoms with Crippen molar-refractivity contribution in [2.45, 2.75) is 52.4 Å². The van der Waals surface area contributed by atoms with Gasteiger partial charge in [-0.25, -0.2) is 0 Å². The molecule has 13 heavy (non-hydrogen) atoms. The van der Waals surface area contributed by atoms with Crippen molar-refractivity contribution in [3.63, 3.8) is 0 Å². The van der Waals surface area contributed by atoms with Gasteiger partial charge in [-0.2, -0.15) is 0 Å². The van der Waals surface area contributed by atoms with E-state index in [1.807, 2.05) is 0 Å². The van der Waals surface area contributed by atoms with Gasteiger partial charge in [0.1, 0.15) is 0 Å². The number of hydrogen-bond acceptors (Lipinski definition) is 1. The van der Waals surface area contributed by atoms with Gasteiger partial charge in [-0.1, -0.05) is 39.5 Å². The van der Waals surface area contributed by atoms with Gasteiger partial charge in [-0.05, 0) is 30.6 Å². The molecule has 1 nitrogen and oxygen atoms in total. The van der Waals surface area contributed by atoms with Crippen molar-refractivity contribution in [1.82, 2.24) is 0 Å². The minimum Gasteiger partial charge on any atom is -0.396 e. The van der Waals surface area contributed by atoms with Crippen LogP contribution in [0, 0.1) is 17.8 Å². The van der Waals surface area contributed by atoms with Crippen LogP contribution in [0.5, 0.6) is 0 Å². The summed E-state index contributed by atoms with van der Waals surface area (Å²) in [5.74, 6) is 2.10. The maximum atomic E-state index is 9.33. The summed E-state index contributed by atoms with van der Waals surface area (Å²) in [5.41, 5.74) is 0. The van der Waals surface area contributed by atoms with E-state index in [4.69, 9.17) is 0 Å². The molecule has 78 valence electrons. The van der Waals surface area contributed by atoms with Crippen LogP contribution < -0.4 is 0 Å². The molecule has 0 amide bonds. The average molecular weight is 184 g/mol. The van der Waals surface area contributed by atoms with Gasteiger partial charge in [0.25, 0.3) is 0 Å². The van der Waals surface area contributed by atoms with Crippen LogP contribution in [0.2, 0.25) is 0 Å². The molecule has 1 aliphatic rings. The Balaban J connectivity index is 2.50. The van der Waals surface area contributed by atoms with E-state index in [1.165, 1.54) is 38.5 Å². The highest BCUT2D eigenvalue weighted by Gasteiger charge is 2.24. The predicted molar refractivity (Wildman–Crippen MR) is 56.6 cm³/mol. The van der Waals surface area contributed by atoms with Crippen LogP contribution in [-0.2, 0) is 0 Å². The van der Waals surface area contributed by atoms with E-state index in [0.29, 0.717) is 12.5 Å². The van der Waals surface area contributed by atoms with Gasteiger partial charge in [-0.15, -0.1) is 0 Å². The molecule has 0 aliphatic heterocycles. The van der Waals surface area contributed by atoms with Crippen LogP contribution in [0.4, 0.5) is 0 Å². The summed E-state index contributed by atoms with van der Waals surface area (Å²) in [6.07, 6.45) is 8.07. The van der Waals surface area contributed by atoms with Crippen molar-refractivity contribution in [2.75, 3.05) is 6.61 Å². The minimum absolute atomic E-state index is 0.406. The highest BCUT2D eigenvalue weighted by molar-refractivity contribution is 4.74. The summed E-state index contributed by atoms with van der Waals surface area (Å²) in [6.45, 7) is 5.01. The van der Waals surface area contributed by atoms with Crippen LogP contribution in [0.25, 0.3) is 0 Å². The fourth-order valence-corrected chi connectivity index (χ4v) is 2.69. The lowest BCUT2D eigenvalue weighted by molar-refractivity contribution is 0.120. The topological polar surface area (TPSA) is 20.2 Å². The summed E-state index contributed by atoms with van der Waals surface area (Å²) >= 11 is 0. The fraction of sp³-hybridized carbons (Fsp3) is 1.00. The summed E-state index contributed by atoms with van der Waals surface area (Å²) in [5, 5.41) is 9.33. The van der Waals surface area contributed by atoms with Crippen molar-refractivity contribution in [2.24, 2.45) is 17.8 Å². The molecule has 1 rings (SSSR count). The third kappa shape index (κ3) is 3.30. The van der Waals surface area contributed by atoms with Gasteiger partial charge in [0.15, 0.2) is 0 Å². The summed E-state index contributed by atoms with van der Waals surface area (Å²) < 4.78 is 0. The van der Waals surface area contributed by atoms with E-state index >= 15 is 0 Å². The smallest absolute Gasteiger partial charge is 0.0462 e. The fourth-order valence-electron chi connectivity index (χ4n) is 2.69. The molecule has 0 spiro atoms. The van der Waals surface area contributed by atoms with E-state index in [9.17, 15) is 5.11 Å². The molecule has 0 saturated heterocycles. The zero-order valence-corrected chi connectivity index (χ0v) is 9.13. The van der Waals surface area contributed by atoms with Crippen molar-refractivity contribution < 1.29 is 5.11 Å². The van der Waals surface area contributed by atoms with Gasteiger partial charge in [0.2, 0.25) is 0 Å². The molecule has 0 heterocycles. The highest BCUT2D eigenvalue weighted by atomic mass is 16.3. The first-order valence-electron chi connectivity index (χ1n) is 5.86. The largest absolute Gasteiger partial charge is 0.396 e. The Kier molecular flexibility index (Phi) is 4.79. The van der Waals surface area contributed by atoms with E-state index in [1.54, 1.807) is 0 Å². The molecule has 0 bridgehead atoms. The molecule has 1 heteroatoms. The SMILES string of the molecule is CC(C)[C@@H]1CCCCCC[C@@H]1CO. The maximum Gasteiger partial charge on any atom is 0.0462 e. The molecule has 1 N–H and O–H groups in total. The lowest BCUT2D eigenvalue weighted by atomic mass is 9.76. The normalized spacial score (nSPS) is 31.4. The number of hydrogen-bond donors (Lipinski definition) is 1. The molecule has 0 aromatic heterocycles. The zero-order chi connectivity index (χ0) is 9.68. The second-order valence-electron chi connectivity index (χ2n) is 4.84. The van der Waals surface area contributed by atoms with Gasteiger partial charge >= 0.3 is 0 Å². The lowest BCUT2D eigenvalue weighted by Gasteiger charge is -2.30. The second kappa shape index (κ2) is 5.64. The summed E-state index contributed by atoms with van der Waals surface area (Å²) in [7, 11) is 0. The van der Waals surface area contributed by atoms with Crippen LogP contribution in [0.1, 0.15) is 52.4 Å². The standard InChI is InChI=1S/C12H24O/c1-10(2)12-8-6-4-3-5-7-11(12)9-13/h10-13H,3-9H2,1-2H3/t11-,12+/m1/s1. The average Bonchev–Trinajstić information content (AvgIpc) is 2.03. The first-order valence-corrected chi connectivity index (χ1v) is 5.86. The summed E-state index contributed by atoms with van der Waals surface area (Å²) in [6, 6.07) is 0. The monoisotopic (exact) mass is 184 g/mol. The van der Waals surface area contributed by atoms with Crippen molar-refractivity contribution in [3.05, 3.63) is 0 Å². The number of aliphatic hydroxyl groups excluding tert-OH is 1. The van der Waals surface area contributed by atoms with E-state index in [0.717, 1.165) is 11.8 Å². The Labute approximate surface area is 82.5 Å².